The zero-order chi connectivity index (χ0) is 10.8. The maximum atomic E-state index is 10.8. The number of carbonyl (C=O) groups is 1. The molecule has 0 atom stereocenters. The van der Waals surface area contributed by atoms with Crippen LogP contribution in [-0.4, -0.2) is 24.0 Å². The van der Waals surface area contributed by atoms with Crippen molar-refractivity contribution in [3.05, 3.63) is 22.3 Å². The smallest absolute Gasteiger partial charge is 0.330 e. The average molecular weight is 201 g/mol. The molecular weight excluding hydrogens is 186 g/mol. The van der Waals surface area contributed by atoms with E-state index in [-0.39, 0.29) is 17.4 Å². The first kappa shape index (κ1) is 12.6. The summed E-state index contributed by atoms with van der Waals surface area (Å²) in [6.45, 7) is 2.10. The van der Waals surface area contributed by atoms with Gasteiger partial charge in [-0.1, -0.05) is 6.08 Å². The van der Waals surface area contributed by atoms with Crippen molar-refractivity contribution in [2.24, 2.45) is 0 Å². The predicted molar refractivity (Wildman–Crippen MR) is 51.5 cm³/mol. The Morgan fingerprint density at radius 2 is 2.21 bits per heavy atom. The van der Waals surface area contributed by atoms with Gasteiger partial charge in [-0.25, -0.2) is 4.79 Å². The molecule has 0 radical (unpaired) electrons. The molecule has 0 aliphatic rings. The van der Waals surface area contributed by atoms with Gasteiger partial charge in [0.2, 0.25) is 6.54 Å². The maximum absolute atomic E-state index is 10.8. The van der Waals surface area contributed by atoms with Gasteiger partial charge < -0.3 is 4.74 Å². The van der Waals surface area contributed by atoms with Gasteiger partial charge in [0.15, 0.2) is 0 Å². The third-order valence-corrected chi connectivity index (χ3v) is 1.50. The van der Waals surface area contributed by atoms with Crippen LogP contribution in [-0.2, 0) is 9.53 Å². The van der Waals surface area contributed by atoms with Gasteiger partial charge >= 0.3 is 5.97 Å². The molecule has 0 aliphatic carbocycles. The van der Waals surface area contributed by atoms with Crippen molar-refractivity contribution in [1.29, 1.82) is 0 Å². The molecule has 0 aromatic carbocycles. The number of nitrogens with zero attached hydrogens (tertiary/aromatic N) is 1. The van der Waals surface area contributed by atoms with E-state index in [1.165, 1.54) is 6.08 Å². The van der Waals surface area contributed by atoms with Crippen LogP contribution >= 0.6 is 0 Å². The van der Waals surface area contributed by atoms with Crippen LogP contribution in [0.4, 0.5) is 0 Å². The molecular formula is C9H15NO4. The first-order chi connectivity index (χ1) is 6.66. The van der Waals surface area contributed by atoms with E-state index in [1.54, 1.807) is 13.0 Å². The van der Waals surface area contributed by atoms with Gasteiger partial charge in [0, 0.05) is 17.4 Å². The Kier molecular flexibility index (Phi) is 7.40. The molecule has 0 aromatic rings. The molecule has 5 nitrogen and oxygen atoms in total. The molecule has 0 amide bonds. The number of allylic oxidation sites excluding steroid dienone is 1. The highest BCUT2D eigenvalue weighted by atomic mass is 16.6. The summed E-state index contributed by atoms with van der Waals surface area (Å²) in [7, 11) is 0. The summed E-state index contributed by atoms with van der Waals surface area (Å²) in [5.74, 6) is -0.359. The summed E-state index contributed by atoms with van der Waals surface area (Å²) in [5, 5.41) is 9.94. The number of nitro groups is 1. The summed E-state index contributed by atoms with van der Waals surface area (Å²) in [6.07, 6.45) is 4.97. The lowest BCUT2D eigenvalue weighted by molar-refractivity contribution is -0.480. The second-order valence-corrected chi connectivity index (χ2v) is 2.71. The van der Waals surface area contributed by atoms with E-state index < -0.39 is 0 Å². The van der Waals surface area contributed by atoms with Crippen molar-refractivity contribution >= 4 is 5.97 Å². The zero-order valence-electron chi connectivity index (χ0n) is 8.27. The Balaban J connectivity index is 3.35. The molecule has 0 unspecified atom stereocenters. The van der Waals surface area contributed by atoms with Gasteiger partial charge in [-0.2, -0.15) is 0 Å². The van der Waals surface area contributed by atoms with Crippen LogP contribution in [0.25, 0.3) is 0 Å². The second-order valence-electron chi connectivity index (χ2n) is 2.71. The van der Waals surface area contributed by atoms with Gasteiger partial charge in [0.25, 0.3) is 0 Å². The monoisotopic (exact) mass is 201 g/mol. The van der Waals surface area contributed by atoms with Crippen LogP contribution in [0, 0.1) is 10.1 Å². The van der Waals surface area contributed by atoms with Gasteiger partial charge in [-0.05, 0) is 19.8 Å². The number of ether oxygens (including phenoxy) is 1. The van der Waals surface area contributed by atoms with Gasteiger partial charge in [0.1, 0.15) is 0 Å². The summed E-state index contributed by atoms with van der Waals surface area (Å²) >= 11 is 0. The number of rotatable bonds is 7. The molecule has 0 rings (SSSR count). The third kappa shape index (κ3) is 8.70. The minimum absolute atomic E-state index is 0.00670. The summed E-state index contributed by atoms with van der Waals surface area (Å²) in [6, 6.07) is 0. The molecule has 0 heterocycles. The fourth-order valence-corrected chi connectivity index (χ4v) is 0.873. The SMILES string of the molecule is CCOC(=O)C=CCCCC[N+](=O)[O-]. The Morgan fingerprint density at radius 1 is 1.50 bits per heavy atom. The quantitative estimate of drug-likeness (QED) is 0.206. The Labute approximate surface area is 82.9 Å². The lowest BCUT2D eigenvalue weighted by Gasteiger charge is -1.94. The number of unbranched alkanes of at least 4 members (excludes halogenated alkanes) is 2. The van der Waals surface area contributed by atoms with Crippen LogP contribution in [0.2, 0.25) is 0 Å². The fraction of sp³-hybridized carbons (Fsp3) is 0.667. The lowest BCUT2D eigenvalue weighted by atomic mass is 10.2. The summed E-state index contributed by atoms with van der Waals surface area (Å²) in [4.78, 5) is 20.4. The van der Waals surface area contributed by atoms with Crippen LogP contribution in [0.3, 0.4) is 0 Å². The number of hydrogen-bond acceptors (Lipinski definition) is 4. The number of esters is 1. The molecule has 80 valence electrons. The van der Waals surface area contributed by atoms with Gasteiger partial charge in [-0.15, -0.1) is 0 Å². The molecule has 0 saturated carbocycles. The van der Waals surface area contributed by atoms with E-state index in [0.29, 0.717) is 19.4 Å². The third-order valence-electron chi connectivity index (χ3n) is 1.50. The molecule has 0 fully saturated rings. The van der Waals surface area contributed by atoms with Crippen molar-refractivity contribution in [3.8, 4) is 0 Å². The molecule has 0 aliphatic heterocycles. The van der Waals surface area contributed by atoms with Gasteiger partial charge in [-0.3, -0.25) is 10.1 Å². The van der Waals surface area contributed by atoms with E-state index in [0.717, 1.165) is 6.42 Å². The largest absolute Gasteiger partial charge is 0.463 e. The zero-order valence-corrected chi connectivity index (χ0v) is 8.27. The Hall–Kier alpha value is -1.39. The molecule has 0 saturated heterocycles. The second kappa shape index (κ2) is 8.22. The normalized spacial score (nSPS) is 10.4. The molecule has 5 heteroatoms. The highest BCUT2D eigenvalue weighted by Crippen LogP contribution is 1.97. The van der Waals surface area contributed by atoms with Crippen LogP contribution in [0.5, 0.6) is 0 Å². The summed E-state index contributed by atoms with van der Waals surface area (Å²) in [5.41, 5.74) is 0. The fourth-order valence-electron chi connectivity index (χ4n) is 0.873. The van der Waals surface area contributed by atoms with Crippen molar-refractivity contribution < 1.29 is 14.5 Å². The minimum atomic E-state index is -0.359. The lowest BCUT2D eigenvalue weighted by Crippen LogP contribution is -2.00. The Bertz CT molecular complexity index is 213. The van der Waals surface area contributed by atoms with E-state index >= 15 is 0 Å². The van der Waals surface area contributed by atoms with Crippen LogP contribution < -0.4 is 0 Å². The van der Waals surface area contributed by atoms with Crippen molar-refractivity contribution in [2.75, 3.05) is 13.2 Å². The standard InChI is InChI=1S/C9H15NO4/c1-2-14-9(11)7-5-3-4-6-8-10(12)13/h5,7H,2-4,6,8H2,1H3. The predicted octanol–water partition coefficient (Wildman–Crippen LogP) is 1.55. The number of hydrogen-bond donors (Lipinski definition) is 0. The topological polar surface area (TPSA) is 69.4 Å². The highest BCUT2D eigenvalue weighted by molar-refractivity contribution is 5.81. The van der Waals surface area contributed by atoms with Gasteiger partial charge in [0.05, 0.1) is 6.61 Å². The molecule has 0 spiro atoms. The maximum Gasteiger partial charge on any atom is 0.330 e. The van der Waals surface area contributed by atoms with Crippen LogP contribution in [0.1, 0.15) is 26.2 Å². The van der Waals surface area contributed by atoms with Crippen molar-refractivity contribution in [3.63, 3.8) is 0 Å². The van der Waals surface area contributed by atoms with Crippen molar-refractivity contribution in [1.82, 2.24) is 0 Å². The van der Waals surface area contributed by atoms with E-state index in [4.69, 9.17) is 0 Å². The van der Waals surface area contributed by atoms with E-state index in [2.05, 4.69) is 4.74 Å². The summed E-state index contributed by atoms with van der Waals surface area (Å²) < 4.78 is 4.65. The molecule has 0 aromatic heterocycles. The highest BCUT2D eigenvalue weighted by Gasteiger charge is 1.95. The number of carbonyl (C=O) groups excluding carboxylic acids is 1. The molecule has 0 N–H and O–H groups in total. The Morgan fingerprint density at radius 3 is 2.79 bits per heavy atom. The van der Waals surface area contributed by atoms with Crippen LogP contribution in [0.15, 0.2) is 12.2 Å². The van der Waals surface area contributed by atoms with Crippen molar-refractivity contribution in [2.45, 2.75) is 26.2 Å². The molecule has 0 bridgehead atoms. The minimum Gasteiger partial charge on any atom is -0.463 e. The molecule has 14 heavy (non-hydrogen) atoms. The van der Waals surface area contributed by atoms with E-state index in [9.17, 15) is 14.9 Å². The van der Waals surface area contributed by atoms with E-state index in [1.807, 2.05) is 0 Å². The average Bonchev–Trinajstić information content (AvgIpc) is 2.11. The first-order valence-electron chi connectivity index (χ1n) is 4.62. The first-order valence-corrected chi connectivity index (χ1v) is 4.62.